The number of fused-ring (bicyclic) bond motifs is 2. The molecule has 7 heteroatoms. The van der Waals surface area contributed by atoms with Gasteiger partial charge < -0.3 is 18.7 Å². The maximum atomic E-state index is 6.24. The zero-order chi connectivity index (χ0) is 16.8. The first-order chi connectivity index (χ1) is 12.2. The molecule has 7 nitrogen and oxygen atoms in total. The number of nitrogens with zero attached hydrogens (tertiary/aromatic N) is 3. The van der Waals surface area contributed by atoms with E-state index in [1.807, 2.05) is 13.0 Å². The third-order valence-electron chi connectivity index (χ3n) is 5.31. The lowest BCUT2D eigenvalue weighted by Gasteiger charge is -2.34. The maximum Gasteiger partial charge on any atom is 0.231 e. The highest BCUT2D eigenvalue weighted by Gasteiger charge is 2.41. The van der Waals surface area contributed by atoms with Crippen LogP contribution in [0.15, 0.2) is 22.7 Å². The Morgan fingerprint density at radius 1 is 1.24 bits per heavy atom. The zero-order valence-corrected chi connectivity index (χ0v) is 14.2. The van der Waals surface area contributed by atoms with Crippen molar-refractivity contribution in [1.29, 1.82) is 0 Å². The van der Waals surface area contributed by atoms with Gasteiger partial charge >= 0.3 is 0 Å². The van der Waals surface area contributed by atoms with E-state index in [0.717, 1.165) is 44.0 Å². The Kier molecular flexibility index (Phi) is 3.64. The van der Waals surface area contributed by atoms with Crippen molar-refractivity contribution in [3.8, 4) is 11.5 Å². The van der Waals surface area contributed by atoms with Crippen LogP contribution in [-0.2, 0) is 11.3 Å². The number of hydrogen-bond acceptors (Lipinski definition) is 7. The van der Waals surface area contributed by atoms with Gasteiger partial charge in [-0.25, -0.2) is 0 Å². The van der Waals surface area contributed by atoms with Crippen LogP contribution in [0.1, 0.15) is 36.2 Å². The fraction of sp³-hybridized carbons (Fsp3) is 0.556. The second-order valence-corrected chi connectivity index (χ2v) is 7.04. The van der Waals surface area contributed by atoms with Gasteiger partial charge in [-0.3, -0.25) is 4.90 Å². The Morgan fingerprint density at radius 2 is 2.16 bits per heavy atom. The lowest BCUT2D eigenvalue weighted by Crippen LogP contribution is -2.41. The summed E-state index contributed by atoms with van der Waals surface area (Å²) in [6.45, 7) is 5.04. The van der Waals surface area contributed by atoms with Crippen LogP contribution in [0.25, 0.3) is 0 Å². The summed E-state index contributed by atoms with van der Waals surface area (Å²) in [7, 11) is 0. The molecule has 132 valence electrons. The molecule has 2 saturated heterocycles. The van der Waals surface area contributed by atoms with E-state index in [4.69, 9.17) is 18.7 Å². The Labute approximate surface area is 145 Å². The predicted molar refractivity (Wildman–Crippen MR) is 87.2 cm³/mol. The van der Waals surface area contributed by atoms with Gasteiger partial charge in [0.25, 0.3) is 0 Å². The molecule has 3 aliphatic rings. The number of hydrogen-bond donors (Lipinski definition) is 0. The van der Waals surface area contributed by atoms with E-state index in [2.05, 4.69) is 27.2 Å². The van der Waals surface area contributed by atoms with Crippen LogP contribution in [-0.4, -0.2) is 41.0 Å². The highest BCUT2D eigenvalue weighted by atomic mass is 16.7. The Hall–Kier alpha value is -2.12. The molecule has 0 aliphatic carbocycles. The van der Waals surface area contributed by atoms with E-state index in [-0.39, 0.29) is 12.2 Å². The van der Waals surface area contributed by atoms with Gasteiger partial charge in [-0.1, -0.05) is 11.2 Å². The quantitative estimate of drug-likeness (QED) is 0.848. The first kappa shape index (κ1) is 15.2. The lowest BCUT2D eigenvalue weighted by molar-refractivity contribution is -0.0125. The van der Waals surface area contributed by atoms with Gasteiger partial charge in [0.2, 0.25) is 18.5 Å². The number of aryl methyl sites for hydroxylation is 1. The van der Waals surface area contributed by atoms with Crippen LogP contribution in [0.3, 0.4) is 0 Å². The van der Waals surface area contributed by atoms with Crippen molar-refractivity contribution in [3.05, 3.63) is 35.5 Å². The summed E-state index contributed by atoms with van der Waals surface area (Å²) in [5.41, 5.74) is 1.24. The summed E-state index contributed by atoms with van der Waals surface area (Å²) < 4.78 is 22.2. The second kappa shape index (κ2) is 6.00. The minimum atomic E-state index is -0.0297. The van der Waals surface area contributed by atoms with Gasteiger partial charge in [0, 0.05) is 20.0 Å². The average Bonchev–Trinajstić information content (AvgIpc) is 3.32. The van der Waals surface area contributed by atoms with Gasteiger partial charge in [-0.2, -0.15) is 4.98 Å². The second-order valence-electron chi connectivity index (χ2n) is 7.04. The molecule has 2 fully saturated rings. The Morgan fingerprint density at radius 3 is 3.04 bits per heavy atom. The normalized spacial score (nSPS) is 28.3. The maximum absolute atomic E-state index is 6.24. The number of piperidine rings is 1. The molecule has 0 saturated carbocycles. The third-order valence-corrected chi connectivity index (χ3v) is 5.31. The van der Waals surface area contributed by atoms with E-state index >= 15 is 0 Å². The van der Waals surface area contributed by atoms with E-state index in [1.54, 1.807) is 0 Å². The monoisotopic (exact) mass is 343 g/mol. The molecule has 0 unspecified atom stereocenters. The van der Waals surface area contributed by atoms with Crippen LogP contribution in [0.4, 0.5) is 0 Å². The summed E-state index contributed by atoms with van der Waals surface area (Å²) in [5.74, 6) is 3.54. The Balaban J connectivity index is 1.23. The molecular weight excluding hydrogens is 322 g/mol. The topological polar surface area (TPSA) is 69.9 Å². The highest BCUT2D eigenvalue weighted by Crippen LogP contribution is 2.40. The van der Waals surface area contributed by atoms with E-state index in [0.29, 0.717) is 24.4 Å². The standard InChI is InChI=1S/C18H21N3O4/c1-11-19-18(20-25-11)16-7-13-4-5-21(9-17(13)24-16)8-12-2-3-14-15(6-12)23-10-22-14/h2-3,6,13,16-17H,4-5,7-10H2,1H3/t13-,16+,17+/m0/s1. The molecule has 1 aromatic carbocycles. The summed E-state index contributed by atoms with van der Waals surface area (Å²) >= 11 is 0. The summed E-state index contributed by atoms with van der Waals surface area (Å²) in [4.78, 5) is 6.78. The smallest absolute Gasteiger partial charge is 0.231 e. The SMILES string of the molecule is Cc1nc([C@H]2C[C@@H]3CCN(Cc4ccc5c(c4)OCO5)C[C@H]3O2)no1. The van der Waals surface area contributed by atoms with E-state index < -0.39 is 0 Å². The van der Waals surface area contributed by atoms with Gasteiger partial charge in [-0.15, -0.1) is 0 Å². The number of benzene rings is 1. The zero-order valence-electron chi connectivity index (χ0n) is 14.2. The largest absolute Gasteiger partial charge is 0.454 e. The fourth-order valence-electron chi connectivity index (χ4n) is 4.05. The van der Waals surface area contributed by atoms with Crippen molar-refractivity contribution < 1.29 is 18.7 Å². The fourth-order valence-corrected chi connectivity index (χ4v) is 4.05. The van der Waals surface area contributed by atoms with Crippen LogP contribution in [0.5, 0.6) is 11.5 Å². The first-order valence-electron chi connectivity index (χ1n) is 8.81. The van der Waals surface area contributed by atoms with Crippen molar-refractivity contribution >= 4 is 0 Å². The number of ether oxygens (including phenoxy) is 3. The molecule has 0 N–H and O–H groups in total. The minimum Gasteiger partial charge on any atom is -0.454 e. The third kappa shape index (κ3) is 2.87. The molecule has 3 atom stereocenters. The summed E-state index contributed by atoms with van der Waals surface area (Å²) in [6.07, 6.45) is 2.34. The molecule has 2 aromatic rings. The van der Waals surface area contributed by atoms with E-state index in [9.17, 15) is 0 Å². The van der Waals surface area contributed by atoms with Crippen molar-refractivity contribution in [2.45, 2.75) is 38.5 Å². The molecule has 0 radical (unpaired) electrons. The predicted octanol–water partition coefficient (Wildman–Crippen LogP) is 2.46. The van der Waals surface area contributed by atoms with E-state index in [1.165, 1.54) is 5.56 Å². The number of rotatable bonds is 3. The van der Waals surface area contributed by atoms with Gasteiger partial charge in [0.1, 0.15) is 6.10 Å². The molecule has 0 spiro atoms. The van der Waals surface area contributed by atoms with Crippen molar-refractivity contribution in [2.24, 2.45) is 5.92 Å². The van der Waals surface area contributed by atoms with Crippen LogP contribution in [0, 0.1) is 12.8 Å². The van der Waals surface area contributed by atoms with Crippen LogP contribution >= 0.6 is 0 Å². The van der Waals surface area contributed by atoms with Gasteiger partial charge in [0.15, 0.2) is 11.5 Å². The van der Waals surface area contributed by atoms with Crippen LogP contribution < -0.4 is 9.47 Å². The van der Waals surface area contributed by atoms with Crippen molar-refractivity contribution in [2.75, 3.05) is 19.9 Å². The van der Waals surface area contributed by atoms with Crippen molar-refractivity contribution in [1.82, 2.24) is 15.0 Å². The molecule has 0 amide bonds. The molecule has 0 bridgehead atoms. The molecular formula is C18H21N3O4. The van der Waals surface area contributed by atoms with Crippen molar-refractivity contribution in [3.63, 3.8) is 0 Å². The lowest BCUT2D eigenvalue weighted by atomic mass is 9.91. The molecule has 4 heterocycles. The molecule has 25 heavy (non-hydrogen) atoms. The van der Waals surface area contributed by atoms with Crippen LogP contribution in [0.2, 0.25) is 0 Å². The number of likely N-dealkylation sites (tertiary alicyclic amines) is 1. The Bertz CT molecular complexity index is 777. The van der Waals surface area contributed by atoms with Gasteiger partial charge in [0.05, 0.1) is 6.10 Å². The first-order valence-corrected chi connectivity index (χ1v) is 8.81. The summed E-state index contributed by atoms with van der Waals surface area (Å²) in [6, 6.07) is 6.18. The number of aromatic nitrogens is 2. The molecule has 1 aromatic heterocycles. The summed E-state index contributed by atoms with van der Waals surface area (Å²) in [5, 5.41) is 4.03. The molecule has 3 aliphatic heterocycles. The highest BCUT2D eigenvalue weighted by molar-refractivity contribution is 5.44. The molecule has 5 rings (SSSR count). The van der Waals surface area contributed by atoms with Gasteiger partial charge in [-0.05, 0) is 43.0 Å². The average molecular weight is 343 g/mol. The minimum absolute atomic E-state index is 0.0297.